The second-order valence-corrected chi connectivity index (χ2v) is 4.44. The highest BCUT2D eigenvalue weighted by Crippen LogP contribution is 2.25. The van der Waals surface area contributed by atoms with Crippen LogP contribution in [0.3, 0.4) is 0 Å². The standard InChI is InChI=1S/C12H14N2OS/c13-7-1-2-10-8-16-12(14-10)9-3-5-11(15)6-4-9/h3-6,8,15H,1-2,7,13H2. The molecule has 16 heavy (non-hydrogen) atoms. The monoisotopic (exact) mass is 234 g/mol. The van der Waals surface area contributed by atoms with Crippen molar-refractivity contribution >= 4 is 11.3 Å². The van der Waals surface area contributed by atoms with Gasteiger partial charge >= 0.3 is 0 Å². The largest absolute Gasteiger partial charge is 0.508 e. The normalized spacial score (nSPS) is 10.6. The minimum absolute atomic E-state index is 0.281. The summed E-state index contributed by atoms with van der Waals surface area (Å²) in [6.45, 7) is 0.700. The number of aryl methyl sites for hydroxylation is 1. The van der Waals surface area contributed by atoms with Crippen LogP contribution >= 0.6 is 11.3 Å². The molecule has 0 amide bonds. The molecule has 0 aliphatic heterocycles. The Hall–Kier alpha value is -1.39. The molecule has 2 aromatic rings. The number of aromatic nitrogens is 1. The Balaban J connectivity index is 2.15. The number of nitrogens with zero attached hydrogens (tertiary/aromatic N) is 1. The van der Waals surface area contributed by atoms with Crippen molar-refractivity contribution < 1.29 is 5.11 Å². The molecule has 84 valence electrons. The van der Waals surface area contributed by atoms with Crippen molar-refractivity contribution in [1.29, 1.82) is 0 Å². The van der Waals surface area contributed by atoms with Gasteiger partial charge in [0.15, 0.2) is 0 Å². The van der Waals surface area contributed by atoms with Gasteiger partial charge in [0.2, 0.25) is 0 Å². The van der Waals surface area contributed by atoms with Crippen LogP contribution in [-0.2, 0) is 6.42 Å². The van der Waals surface area contributed by atoms with Gasteiger partial charge in [0, 0.05) is 10.9 Å². The number of thiazole rings is 1. The summed E-state index contributed by atoms with van der Waals surface area (Å²) in [5.74, 6) is 0.281. The van der Waals surface area contributed by atoms with Gasteiger partial charge in [-0.25, -0.2) is 4.98 Å². The number of hydrogen-bond donors (Lipinski definition) is 2. The zero-order valence-electron chi connectivity index (χ0n) is 8.89. The summed E-state index contributed by atoms with van der Waals surface area (Å²) in [5, 5.41) is 12.3. The van der Waals surface area contributed by atoms with Crippen molar-refractivity contribution in [2.24, 2.45) is 5.73 Å². The van der Waals surface area contributed by atoms with E-state index in [2.05, 4.69) is 10.4 Å². The molecule has 0 aliphatic carbocycles. The number of nitrogens with two attached hydrogens (primary N) is 1. The van der Waals surface area contributed by atoms with E-state index in [0.29, 0.717) is 6.54 Å². The summed E-state index contributed by atoms with van der Waals surface area (Å²) in [6, 6.07) is 7.11. The van der Waals surface area contributed by atoms with Crippen LogP contribution in [0.5, 0.6) is 5.75 Å². The average Bonchev–Trinajstić information content (AvgIpc) is 2.76. The molecular formula is C12H14N2OS. The van der Waals surface area contributed by atoms with Gasteiger partial charge in [-0.1, -0.05) is 0 Å². The second-order valence-electron chi connectivity index (χ2n) is 3.58. The molecule has 0 bridgehead atoms. The molecule has 1 heterocycles. The minimum Gasteiger partial charge on any atom is -0.508 e. The van der Waals surface area contributed by atoms with Crippen LogP contribution in [0.2, 0.25) is 0 Å². The highest BCUT2D eigenvalue weighted by molar-refractivity contribution is 7.13. The Labute approximate surface area is 98.6 Å². The number of benzene rings is 1. The van der Waals surface area contributed by atoms with Crippen LogP contribution in [0.25, 0.3) is 10.6 Å². The summed E-state index contributed by atoms with van der Waals surface area (Å²) in [5.41, 5.74) is 7.60. The molecule has 0 unspecified atom stereocenters. The molecule has 2 rings (SSSR count). The van der Waals surface area contributed by atoms with Crippen molar-refractivity contribution in [3.8, 4) is 16.3 Å². The van der Waals surface area contributed by atoms with Gasteiger partial charge in [0.05, 0.1) is 5.69 Å². The predicted octanol–water partition coefficient (Wildman–Crippen LogP) is 2.41. The van der Waals surface area contributed by atoms with Crippen molar-refractivity contribution in [3.05, 3.63) is 35.3 Å². The number of rotatable bonds is 4. The third-order valence-corrected chi connectivity index (χ3v) is 3.24. The molecule has 0 fully saturated rings. The molecule has 3 N–H and O–H groups in total. The van der Waals surface area contributed by atoms with E-state index in [1.54, 1.807) is 23.5 Å². The van der Waals surface area contributed by atoms with Crippen molar-refractivity contribution in [3.63, 3.8) is 0 Å². The Morgan fingerprint density at radius 1 is 1.25 bits per heavy atom. The van der Waals surface area contributed by atoms with Crippen molar-refractivity contribution in [2.75, 3.05) is 6.54 Å². The molecule has 0 radical (unpaired) electrons. The van der Waals surface area contributed by atoms with Crippen LogP contribution < -0.4 is 5.73 Å². The first-order chi connectivity index (χ1) is 7.79. The lowest BCUT2D eigenvalue weighted by Crippen LogP contribution is -2.00. The molecule has 1 aromatic heterocycles. The van der Waals surface area contributed by atoms with E-state index in [-0.39, 0.29) is 5.75 Å². The first-order valence-corrected chi connectivity index (χ1v) is 6.11. The van der Waals surface area contributed by atoms with Crippen LogP contribution in [0.4, 0.5) is 0 Å². The first-order valence-electron chi connectivity index (χ1n) is 5.23. The van der Waals surface area contributed by atoms with E-state index in [4.69, 9.17) is 5.73 Å². The van der Waals surface area contributed by atoms with Crippen LogP contribution in [0.15, 0.2) is 29.6 Å². The average molecular weight is 234 g/mol. The predicted molar refractivity (Wildman–Crippen MR) is 66.6 cm³/mol. The molecule has 4 heteroatoms. The Morgan fingerprint density at radius 2 is 2.00 bits per heavy atom. The summed E-state index contributed by atoms with van der Waals surface area (Å²) in [6.07, 6.45) is 1.91. The lowest BCUT2D eigenvalue weighted by Gasteiger charge is -1.96. The molecule has 0 spiro atoms. The molecule has 0 atom stereocenters. The van der Waals surface area contributed by atoms with E-state index in [0.717, 1.165) is 29.1 Å². The lowest BCUT2D eigenvalue weighted by atomic mass is 10.2. The lowest BCUT2D eigenvalue weighted by molar-refractivity contribution is 0.475. The maximum atomic E-state index is 9.19. The van der Waals surface area contributed by atoms with Crippen LogP contribution in [0, 0.1) is 0 Å². The third-order valence-electron chi connectivity index (χ3n) is 2.30. The maximum absolute atomic E-state index is 9.19. The first kappa shape index (κ1) is 11.1. The fourth-order valence-electron chi connectivity index (χ4n) is 1.44. The van der Waals surface area contributed by atoms with E-state index in [9.17, 15) is 5.11 Å². The van der Waals surface area contributed by atoms with Gasteiger partial charge in [-0.3, -0.25) is 0 Å². The SMILES string of the molecule is NCCCc1csc(-c2ccc(O)cc2)n1. The number of phenols is 1. The van der Waals surface area contributed by atoms with E-state index in [1.807, 2.05) is 12.1 Å². The second kappa shape index (κ2) is 5.09. The van der Waals surface area contributed by atoms with Gasteiger partial charge in [0.1, 0.15) is 10.8 Å². The zero-order chi connectivity index (χ0) is 11.4. The Kier molecular flexibility index (Phi) is 3.54. The molecule has 1 aromatic carbocycles. The molecule has 0 saturated heterocycles. The number of hydrogen-bond acceptors (Lipinski definition) is 4. The Morgan fingerprint density at radius 3 is 2.69 bits per heavy atom. The number of aromatic hydroxyl groups is 1. The quantitative estimate of drug-likeness (QED) is 0.854. The molecule has 3 nitrogen and oxygen atoms in total. The van der Waals surface area contributed by atoms with E-state index in [1.165, 1.54) is 0 Å². The summed E-state index contributed by atoms with van der Waals surface area (Å²) < 4.78 is 0. The number of phenolic OH excluding ortho intramolecular Hbond substituents is 1. The summed E-state index contributed by atoms with van der Waals surface area (Å²) >= 11 is 1.63. The van der Waals surface area contributed by atoms with Crippen molar-refractivity contribution in [1.82, 2.24) is 4.98 Å². The molecule has 0 aliphatic rings. The van der Waals surface area contributed by atoms with E-state index < -0.39 is 0 Å². The fourth-order valence-corrected chi connectivity index (χ4v) is 2.30. The molecular weight excluding hydrogens is 220 g/mol. The van der Waals surface area contributed by atoms with Gasteiger partial charge in [-0.05, 0) is 43.7 Å². The zero-order valence-corrected chi connectivity index (χ0v) is 9.70. The Bertz CT molecular complexity index is 450. The molecule has 0 saturated carbocycles. The summed E-state index contributed by atoms with van der Waals surface area (Å²) in [7, 11) is 0. The van der Waals surface area contributed by atoms with Gasteiger partial charge < -0.3 is 10.8 Å². The van der Waals surface area contributed by atoms with E-state index >= 15 is 0 Å². The van der Waals surface area contributed by atoms with Crippen LogP contribution in [-0.4, -0.2) is 16.6 Å². The van der Waals surface area contributed by atoms with Gasteiger partial charge in [-0.15, -0.1) is 11.3 Å². The van der Waals surface area contributed by atoms with Crippen LogP contribution in [0.1, 0.15) is 12.1 Å². The topological polar surface area (TPSA) is 59.1 Å². The van der Waals surface area contributed by atoms with Gasteiger partial charge in [-0.2, -0.15) is 0 Å². The summed E-state index contributed by atoms with van der Waals surface area (Å²) in [4.78, 5) is 4.53. The van der Waals surface area contributed by atoms with Gasteiger partial charge in [0.25, 0.3) is 0 Å². The smallest absolute Gasteiger partial charge is 0.123 e. The van der Waals surface area contributed by atoms with Crippen molar-refractivity contribution in [2.45, 2.75) is 12.8 Å². The maximum Gasteiger partial charge on any atom is 0.123 e. The fraction of sp³-hybridized carbons (Fsp3) is 0.250. The highest BCUT2D eigenvalue weighted by atomic mass is 32.1. The highest BCUT2D eigenvalue weighted by Gasteiger charge is 2.04. The minimum atomic E-state index is 0.281. The third kappa shape index (κ3) is 2.59.